The van der Waals surface area contributed by atoms with Gasteiger partial charge in [-0.05, 0) is 42.1 Å². The number of rotatable bonds is 5. The number of benzene rings is 2. The summed E-state index contributed by atoms with van der Waals surface area (Å²) in [5.74, 6) is 0.634. The van der Waals surface area contributed by atoms with Gasteiger partial charge >= 0.3 is 0 Å². The number of thioether (sulfide) groups is 1. The summed E-state index contributed by atoms with van der Waals surface area (Å²) < 4.78 is 11.0. The number of amides is 2. The molecule has 0 bridgehead atoms. The van der Waals surface area contributed by atoms with Crippen LogP contribution in [0.4, 0.5) is 16.2 Å². The number of non-ortho nitro benzene ring substituents is 1. The summed E-state index contributed by atoms with van der Waals surface area (Å²) in [7, 11) is 1.45. The van der Waals surface area contributed by atoms with Crippen molar-refractivity contribution in [2.45, 2.75) is 0 Å². The second kappa shape index (κ2) is 7.88. The highest BCUT2D eigenvalue weighted by atomic mass is 32.2. The number of furan rings is 1. The van der Waals surface area contributed by atoms with Crippen molar-refractivity contribution in [3.8, 4) is 17.1 Å². The largest absolute Gasteiger partial charge is 0.496 e. The van der Waals surface area contributed by atoms with Crippen LogP contribution in [0.25, 0.3) is 17.4 Å². The number of ether oxygens (including phenoxy) is 1. The molecule has 1 saturated heterocycles. The molecule has 2 aromatic carbocycles. The lowest BCUT2D eigenvalue weighted by atomic mass is 10.1. The summed E-state index contributed by atoms with van der Waals surface area (Å²) in [5.41, 5.74) is 0.793. The van der Waals surface area contributed by atoms with Gasteiger partial charge in [-0.25, -0.2) is 4.90 Å². The Morgan fingerprint density at radius 1 is 1.10 bits per heavy atom. The number of nitro benzene ring substituents is 1. The quantitative estimate of drug-likeness (QED) is 0.320. The molecule has 2 amide bonds. The van der Waals surface area contributed by atoms with Crippen molar-refractivity contribution >= 4 is 40.4 Å². The average Bonchev–Trinajstić information content (AvgIpc) is 3.32. The Balaban J connectivity index is 1.65. The number of nitrogens with zero attached hydrogens (tertiary/aromatic N) is 2. The molecule has 8 nitrogen and oxygen atoms in total. The van der Waals surface area contributed by atoms with Gasteiger partial charge in [0.1, 0.15) is 17.3 Å². The molecule has 1 aliphatic heterocycles. The fraction of sp³-hybridized carbons (Fsp3) is 0.0476. The van der Waals surface area contributed by atoms with Crippen molar-refractivity contribution in [3.63, 3.8) is 0 Å². The molecule has 0 unspecified atom stereocenters. The van der Waals surface area contributed by atoms with Crippen molar-refractivity contribution in [3.05, 3.63) is 81.4 Å². The zero-order chi connectivity index (χ0) is 21.3. The molecule has 4 rings (SSSR count). The summed E-state index contributed by atoms with van der Waals surface area (Å²) in [6, 6.07) is 16.1. The zero-order valence-electron chi connectivity index (χ0n) is 15.6. The second-order valence-electron chi connectivity index (χ2n) is 6.20. The molecule has 3 aromatic rings. The van der Waals surface area contributed by atoms with Gasteiger partial charge in [0.25, 0.3) is 16.8 Å². The molecule has 0 saturated carbocycles. The van der Waals surface area contributed by atoms with E-state index in [0.29, 0.717) is 28.5 Å². The number of imide groups is 1. The van der Waals surface area contributed by atoms with Gasteiger partial charge < -0.3 is 9.15 Å². The van der Waals surface area contributed by atoms with Crippen LogP contribution in [0.2, 0.25) is 0 Å². The number of carbonyl (C=O) groups excluding carboxylic acids is 2. The molecular formula is C21H14N2O6S. The zero-order valence-corrected chi connectivity index (χ0v) is 16.4. The Labute approximate surface area is 174 Å². The van der Waals surface area contributed by atoms with Gasteiger partial charge in [-0.15, -0.1) is 0 Å². The van der Waals surface area contributed by atoms with Gasteiger partial charge in [0.05, 0.1) is 28.2 Å². The number of hydrogen-bond donors (Lipinski definition) is 0. The molecule has 0 atom stereocenters. The summed E-state index contributed by atoms with van der Waals surface area (Å²) >= 11 is 0.815. The first kappa shape index (κ1) is 19.5. The van der Waals surface area contributed by atoms with Crippen LogP contribution in [0.3, 0.4) is 0 Å². The van der Waals surface area contributed by atoms with Crippen molar-refractivity contribution < 1.29 is 23.7 Å². The van der Waals surface area contributed by atoms with Crippen LogP contribution in [0.5, 0.6) is 5.75 Å². The summed E-state index contributed by atoms with van der Waals surface area (Å²) in [4.78, 5) is 36.9. The molecule has 1 aliphatic rings. The maximum Gasteiger partial charge on any atom is 0.298 e. The third-order valence-electron chi connectivity index (χ3n) is 4.37. The molecule has 0 spiro atoms. The smallest absolute Gasteiger partial charge is 0.298 e. The van der Waals surface area contributed by atoms with Crippen LogP contribution in [-0.2, 0) is 4.79 Å². The van der Waals surface area contributed by atoms with Crippen LogP contribution in [0, 0.1) is 10.1 Å². The first-order valence-corrected chi connectivity index (χ1v) is 9.55. The number of nitro groups is 1. The summed E-state index contributed by atoms with van der Waals surface area (Å²) in [5, 5.41) is 10.7. The molecule has 0 radical (unpaired) electrons. The maximum atomic E-state index is 12.7. The third-order valence-corrected chi connectivity index (χ3v) is 5.24. The normalized spacial score (nSPS) is 15.1. The Kier molecular flexibility index (Phi) is 5.11. The first-order chi connectivity index (χ1) is 14.5. The lowest BCUT2D eigenvalue weighted by Gasteiger charge is -2.11. The van der Waals surface area contributed by atoms with Gasteiger partial charge in [0.2, 0.25) is 0 Å². The van der Waals surface area contributed by atoms with E-state index in [0.717, 1.165) is 16.7 Å². The maximum absolute atomic E-state index is 12.7. The highest BCUT2D eigenvalue weighted by Crippen LogP contribution is 2.38. The average molecular weight is 422 g/mol. The minimum Gasteiger partial charge on any atom is -0.496 e. The predicted octanol–water partition coefficient (Wildman–Crippen LogP) is 5.10. The SMILES string of the molecule is COc1ccc([N+](=O)[O-])cc1-c1ccc(/C=C2\SC(=O)N(c3ccccc3)C2=O)o1. The van der Waals surface area contributed by atoms with E-state index in [2.05, 4.69) is 0 Å². The van der Waals surface area contributed by atoms with E-state index in [9.17, 15) is 19.7 Å². The Bertz CT molecular complexity index is 1190. The highest BCUT2D eigenvalue weighted by molar-refractivity contribution is 8.19. The molecule has 0 aliphatic carbocycles. The van der Waals surface area contributed by atoms with Crippen molar-refractivity contribution in [2.75, 3.05) is 12.0 Å². The number of anilines is 1. The highest BCUT2D eigenvalue weighted by Gasteiger charge is 2.36. The minimum atomic E-state index is -0.508. The first-order valence-electron chi connectivity index (χ1n) is 8.73. The van der Waals surface area contributed by atoms with Gasteiger partial charge in [-0.1, -0.05) is 18.2 Å². The van der Waals surface area contributed by atoms with E-state index in [-0.39, 0.29) is 10.6 Å². The van der Waals surface area contributed by atoms with E-state index in [1.807, 2.05) is 0 Å². The molecule has 9 heteroatoms. The monoisotopic (exact) mass is 422 g/mol. The van der Waals surface area contributed by atoms with Crippen molar-refractivity contribution in [1.29, 1.82) is 0 Å². The molecule has 2 heterocycles. The van der Waals surface area contributed by atoms with Gasteiger partial charge in [0.15, 0.2) is 0 Å². The molecule has 0 N–H and O–H groups in total. The van der Waals surface area contributed by atoms with Crippen molar-refractivity contribution in [1.82, 2.24) is 0 Å². The topological polar surface area (TPSA) is 103 Å². The van der Waals surface area contributed by atoms with Gasteiger partial charge in [-0.3, -0.25) is 19.7 Å². The van der Waals surface area contributed by atoms with Crippen LogP contribution in [-0.4, -0.2) is 23.2 Å². The van der Waals surface area contributed by atoms with E-state index in [1.165, 1.54) is 31.4 Å². The standard InChI is InChI=1S/C21H14N2O6S/c1-28-17-9-7-14(23(26)27)11-16(17)18-10-8-15(29-18)12-19-20(24)22(21(25)30-19)13-5-3-2-4-6-13/h2-12H,1H3/b19-12-. The molecule has 1 aromatic heterocycles. The minimum absolute atomic E-state index is 0.104. The van der Waals surface area contributed by atoms with E-state index >= 15 is 0 Å². The lowest BCUT2D eigenvalue weighted by molar-refractivity contribution is -0.384. The Morgan fingerprint density at radius 2 is 1.87 bits per heavy atom. The molecule has 150 valence electrons. The van der Waals surface area contributed by atoms with E-state index < -0.39 is 16.1 Å². The number of para-hydroxylation sites is 1. The number of hydrogen-bond acceptors (Lipinski definition) is 7. The van der Waals surface area contributed by atoms with E-state index in [4.69, 9.17) is 9.15 Å². The third kappa shape index (κ3) is 3.58. The lowest BCUT2D eigenvalue weighted by Crippen LogP contribution is -2.27. The predicted molar refractivity (Wildman–Crippen MR) is 112 cm³/mol. The molecule has 1 fully saturated rings. The Hall–Kier alpha value is -3.85. The molecular weight excluding hydrogens is 408 g/mol. The summed E-state index contributed by atoms with van der Waals surface area (Å²) in [6.45, 7) is 0. The van der Waals surface area contributed by atoms with Crippen LogP contribution in [0.15, 0.2) is 70.0 Å². The number of carbonyl (C=O) groups is 2. The van der Waals surface area contributed by atoms with Crippen LogP contribution >= 0.6 is 11.8 Å². The second-order valence-corrected chi connectivity index (χ2v) is 7.19. The van der Waals surface area contributed by atoms with Crippen LogP contribution < -0.4 is 9.64 Å². The number of methoxy groups -OCH3 is 1. The van der Waals surface area contributed by atoms with Crippen molar-refractivity contribution in [2.24, 2.45) is 0 Å². The Morgan fingerprint density at radius 3 is 2.57 bits per heavy atom. The van der Waals surface area contributed by atoms with Gasteiger partial charge in [-0.2, -0.15) is 0 Å². The fourth-order valence-electron chi connectivity index (χ4n) is 2.97. The summed E-state index contributed by atoms with van der Waals surface area (Å²) in [6.07, 6.45) is 1.47. The van der Waals surface area contributed by atoms with Gasteiger partial charge in [0, 0.05) is 18.2 Å². The van der Waals surface area contributed by atoms with Crippen LogP contribution in [0.1, 0.15) is 5.76 Å². The molecule has 30 heavy (non-hydrogen) atoms. The fourth-order valence-corrected chi connectivity index (χ4v) is 3.80. The van der Waals surface area contributed by atoms with E-state index in [1.54, 1.807) is 42.5 Å².